The highest BCUT2D eigenvalue weighted by atomic mass is 16.5. The Labute approximate surface area is 79.7 Å². The summed E-state index contributed by atoms with van der Waals surface area (Å²) in [4.78, 5) is 11.8. The summed E-state index contributed by atoms with van der Waals surface area (Å²) in [5, 5.41) is 0. The molecule has 0 bridgehead atoms. The van der Waals surface area contributed by atoms with Crippen molar-refractivity contribution >= 4 is 5.78 Å². The lowest BCUT2D eigenvalue weighted by atomic mass is 9.79. The Balaban J connectivity index is 2.16. The van der Waals surface area contributed by atoms with Gasteiger partial charge in [0.25, 0.3) is 0 Å². The van der Waals surface area contributed by atoms with Gasteiger partial charge in [0.1, 0.15) is 5.60 Å². The third kappa shape index (κ3) is 1.41. The van der Waals surface area contributed by atoms with E-state index < -0.39 is 0 Å². The third-order valence-electron chi connectivity index (χ3n) is 3.61. The van der Waals surface area contributed by atoms with Crippen molar-refractivity contribution in [3.05, 3.63) is 0 Å². The van der Waals surface area contributed by atoms with Crippen molar-refractivity contribution in [2.45, 2.75) is 57.7 Å². The number of hydrogen-bond donors (Lipinski definition) is 0. The molecule has 1 aliphatic heterocycles. The first-order chi connectivity index (χ1) is 6.14. The SMILES string of the molecule is C[C@@H]1C[C@@]2(CCCCC2=O)O[C@H]1C. The van der Waals surface area contributed by atoms with Crippen molar-refractivity contribution in [1.82, 2.24) is 0 Å². The van der Waals surface area contributed by atoms with Gasteiger partial charge in [0.15, 0.2) is 5.78 Å². The van der Waals surface area contributed by atoms with E-state index in [0.717, 1.165) is 32.1 Å². The maximum Gasteiger partial charge on any atom is 0.164 e. The van der Waals surface area contributed by atoms with Gasteiger partial charge in [0.05, 0.1) is 6.10 Å². The maximum atomic E-state index is 11.8. The molecule has 0 aromatic heterocycles. The molecule has 1 heterocycles. The van der Waals surface area contributed by atoms with Gasteiger partial charge in [-0.15, -0.1) is 0 Å². The number of rotatable bonds is 0. The molecule has 0 unspecified atom stereocenters. The fourth-order valence-corrected chi connectivity index (χ4v) is 2.61. The van der Waals surface area contributed by atoms with Crippen molar-refractivity contribution in [1.29, 1.82) is 0 Å². The first-order valence-corrected chi connectivity index (χ1v) is 5.35. The van der Waals surface area contributed by atoms with Gasteiger partial charge in [-0.1, -0.05) is 6.92 Å². The van der Waals surface area contributed by atoms with E-state index in [1.807, 2.05) is 0 Å². The van der Waals surface area contributed by atoms with Crippen molar-refractivity contribution in [3.63, 3.8) is 0 Å². The second kappa shape index (κ2) is 3.09. The minimum absolute atomic E-state index is 0.266. The maximum absolute atomic E-state index is 11.8. The average molecular weight is 182 g/mol. The van der Waals surface area contributed by atoms with Gasteiger partial charge in [0.2, 0.25) is 0 Å². The van der Waals surface area contributed by atoms with Crippen molar-refractivity contribution in [2.24, 2.45) is 5.92 Å². The Morgan fingerprint density at radius 2 is 2.15 bits per heavy atom. The van der Waals surface area contributed by atoms with Gasteiger partial charge in [-0.2, -0.15) is 0 Å². The molecule has 1 saturated heterocycles. The van der Waals surface area contributed by atoms with Gasteiger partial charge >= 0.3 is 0 Å². The molecule has 2 rings (SSSR count). The van der Waals surface area contributed by atoms with Crippen LogP contribution >= 0.6 is 0 Å². The van der Waals surface area contributed by atoms with E-state index in [4.69, 9.17) is 4.74 Å². The zero-order valence-corrected chi connectivity index (χ0v) is 8.51. The largest absolute Gasteiger partial charge is 0.364 e. The van der Waals surface area contributed by atoms with Crippen LogP contribution in [0.3, 0.4) is 0 Å². The minimum Gasteiger partial charge on any atom is -0.364 e. The van der Waals surface area contributed by atoms with Crippen LogP contribution in [0.25, 0.3) is 0 Å². The Bertz CT molecular complexity index is 212. The molecule has 3 atom stereocenters. The average Bonchev–Trinajstić information content (AvgIpc) is 2.36. The quantitative estimate of drug-likeness (QED) is 0.574. The van der Waals surface area contributed by atoms with Gasteiger partial charge in [-0.3, -0.25) is 4.79 Å². The summed E-state index contributed by atoms with van der Waals surface area (Å²) in [5.74, 6) is 0.900. The van der Waals surface area contributed by atoms with Crippen LogP contribution in [0.2, 0.25) is 0 Å². The predicted molar refractivity (Wildman–Crippen MR) is 50.5 cm³/mol. The zero-order chi connectivity index (χ0) is 9.47. The Morgan fingerprint density at radius 3 is 2.69 bits per heavy atom. The lowest BCUT2D eigenvalue weighted by Gasteiger charge is -2.31. The van der Waals surface area contributed by atoms with E-state index in [9.17, 15) is 4.79 Å². The van der Waals surface area contributed by atoms with Gasteiger partial charge in [-0.25, -0.2) is 0 Å². The summed E-state index contributed by atoms with van der Waals surface area (Å²) in [5.41, 5.74) is -0.364. The van der Waals surface area contributed by atoms with Gasteiger partial charge < -0.3 is 4.74 Å². The summed E-state index contributed by atoms with van der Waals surface area (Å²) >= 11 is 0. The van der Waals surface area contributed by atoms with Crippen LogP contribution in [0.15, 0.2) is 0 Å². The summed E-state index contributed by atoms with van der Waals surface area (Å²) in [6.45, 7) is 4.27. The summed E-state index contributed by atoms with van der Waals surface area (Å²) in [6.07, 6.45) is 5.13. The number of ketones is 1. The lowest BCUT2D eigenvalue weighted by molar-refractivity contribution is -0.146. The molecule has 0 aromatic carbocycles. The first kappa shape index (κ1) is 9.20. The van der Waals surface area contributed by atoms with E-state index in [0.29, 0.717) is 11.7 Å². The molecule has 1 saturated carbocycles. The number of carbonyl (C=O) groups is 1. The van der Waals surface area contributed by atoms with Crippen LogP contribution < -0.4 is 0 Å². The minimum atomic E-state index is -0.364. The fraction of sp³-hybridized carbons (Fsp3) is 0.909. The molecule has 2 nitrogen and oxygen atoms in total. The summed E-state index contributed by atoms with van der Waals surface area (Å²) in [7, 11) is 0. The van der Waals surface area contributed by atoms with Gasteiger partial charge in [0, 0.05) is 6.42 Å². The van der Waals surface area contributed by atoms with Crippen molar-refractivity contribution < 1.29 is 9.53 Å². The molecule has 1 aliphatic carbocycles. The molecule has 13 heavy (non-hydrogen) atoms. The fourth-order valence-electron chi connectivity index (χ4n) is 2.61. The lowest BCUT2D eigenvalue weighted by Crippen LogP contribution is -2.41. The molecular formula is C11H18O2. The van der Waals surface area contributed by atoms with E-state index in [-0.39, 0.29) is 11.7 Å². The molecule has 2 fully saturated rings. The standard InChI is InChI=1S/C11H18O2/c1-8-7-11(13-9(8)2)6-4-3-5-10(11)12/h8-9H,3-7H2,1-2H3/t8-,9+,11-/m1/s1. The number of carbonyl (C=O) groups excluding carboxylic acids is 1. The van der Waals surface area contributed by atoms with Crippen LogP contribution in [0.1, 0.15) is 46.0 Å². The highest BCUT2D eigenvalue weighted by molar-refractivity contribution is 5.88. The van der Waals surface area contributed by atoms with Crippen LogP contribution in [0.5, 0.6) is 0 Å². The highest BCUT2D eigenvalue weighted by Gasteiger charge is 2.48. The van der Waals surface area contributed by atoms with E-state index in [1.165, 1.54) is 0 Å². The predicted octanol–water partition coefficient (Wildman–Crippen LogP) is 2.31. The Kier molecular flexibility index (Phi) is 2.18. The van der Waals surface area contributed by atoms with E-state index >= 15 is 0 Å². The molecule has 0 radical (unpaired) electrons. The van der Waals surface area contributed by atoms with Crippen LogP contribution in [0.4, 0.5) is 0 Å². The normalized spacial score (nSPS) is 45.8. The first-order valence-electron chi connectivity index (χ1n) is 5.35. The molecule has 0 N–H and O–H groups in total. The molecule has 74 valence electrons. The Hall–Kier alpha value is -0.370. The summed E-state index contributed by atoms with van der Waals surface area (Å²) < 4.78 is 5.86. The molecule has 1 spiro atoms. The molecular weight excluding hydrogens is 164 g/mol. The smallest absolute Gasteiger partial charge is 0.164 e. The Morgan fingerprint density at radius 1 is 1.38 bits per heavy atom. The summed E-state index contributed by atoms with van der Waals surface area (Å²) in [6, 6.07) is 0. The van der Waals surface area contributed by atoms with Crippen LogP contribution in [-0.2, 0) is 9.53 Å². The topological polar surface area (TPSA) is 26.3 Å². The third-order valence-corrected chi connectivity index (χ3v) is 3.61. The molecule has 0 amide bonds. The van der Waals surface area contributed by atoms with Crippen LogP contribution in [-0.4, -0.2) is 17.5 Å². The second-order valence-corrected chi connectivity index (χ2v) is 4.63. The molecule has 0 aromatic rings. The second-order valence-electron chi connectivity index (χ2n) is 4.63. The van der Waals surface area contributed by atoms with Crippen molar-refractivity contribution in [3.8, 4) is 0 Å². The van der Waals surface area contributed by atoms with E-state index in [2.05, 4.69) is 13.8 Å². The number of Topliss-reactive ketones (excluding diaryl/α,β-unsaturated/α-hetero) is 1. The van der Waals surface area contributed by atoms with Crippen LogP contribution in [0, 0.1) is 5.92 Å². The zero-order valence-electron chi connectivity index (χ0n) is 8.51. The number of ether oxygens (including phenoxy) is 1. The van der Waals surface area contributed by atoms with E-state index in [1.54, 1.807) is 0 Å². The molecule has 2 aliphatic rings. The van der Waals surface area contributed by atoms with Crippen molar-refractivity contribution in [2.75, 3.05) is 0 Å². The molecule has 2 heteroatoms. The number of hydrogen-bond acceptors (Lipinski definition) is 2. The van der Waals surface area contributed by atoms with Gasteiger partial charge in [-0.05, 0) is 38.5 Å². The highest BCUT2D eigenvalue weighted by Crippen LogP contribution is 2.42. The monoisotopic (exact) mass is 182 g/mol.